The third-order valence-electron chi connectivity index (χ3n) is 4.99. The Morgan fingerprint density at radius 2 is 1.70 bits per heavy atom. The van der Waals surface area contributed by atoms with Crippen molar-refractivity contribution in [1.29, 1.82) is 0 Å². The minimum absolute atomic E-state index is 0.0746. The van der Waals surface area contributed by atoms with Crippen molar-refractivity contribution in [2.45, 2.75) is 13.0 Å². The Labute approximate surface area is 177 Å². The van der Waals surface area contributed by atoms with Crippen LogP contribution in [-0.2, 0) is 9.59 Å². The Balaban J connectivity index is 1.97. The molecule has 1 atom stereocenters. The fraction of sp³-hybridized carbons (Fsp3) is 0.0870. The highest BCUT2D eigenvalue weighted by Crippen LogP contribution is 2.45. The van der Waals surface area contributed by atoms with Crippen LogP contribution in [0.4, 0.5) is 5.69 Å². The van der Waals surface area contributed by atoms with Crippen molar-refractivity contribution in [3.63, 3.8) is 0 Å². The summed E-state index contributed by atoms with van der Waals surface area (Å²) < 4.78 is 0. The van der Waals surface area contributed by atoms with Crippen LogP contribution in [0.1, 0.15) is 22.7 Å². The molecule has 1 aliphatic rings. The molecule has 2 heterocycles. The molecule has 6 nitrogen and oxygen atoms in total. The van der Waals surface area contributed by atoms with E-state index < -0.39 is 17.7 Å². The molecule has 0 spiro atoms. The number of amides is 1. The number of rotatable bonds is 3. The first-order chi connectivity index (χ1) is 14.4. The number of nitrogens with zero attached hydrogens (tertiary/aromatic N) is 2. The molecule has 0 saturated carbocycles. The number of phenols is 1. The molecule has 4 rings (SSSR count). The highest BCUT2D eigenvalue weighted by Gasteiger charge is 2.47. The quantitative estimate of drug-likeness (QED) is 0.373. The van der Waals surface area contributed by atoms with Gasteiger partial charge in [-0.3, -0.25) is 19.5 Å². The number of Topliss-reactive ketones (excluding diaryl/α,β-unsaturated/α-hetero) is 1. The minimum Gasteiger partial charge on any atom is -0.507 e. The summed E-state index contributed by atoms with van der Waals surface area (Å²) in [6.45, 7) is 1.90. The van der Waals surface area contributed by atoms with E-state index in [-0.39, 0.29) is 27.8 Å². The second kappa shape index (κ2) is 7.65. The van der Waals surface area contributed by atoms with Gasteiger partial charge in [0.05, 0.1) is 17.3 Å². The number of ketones is 1. The summed E-state index contributed by atoms with van der Waals surface area (Å²) in [7, 11) is 0. The van der Waals surface area contributed by atoms with E-state index in [4.69, 9.17) is 11.6 Å². The fourth-order valence-corrected chi connectivity index (χ4v) is 3.66. The molecule has 0 bridgehead atoms. The summed E-state index contributed by atoms with van der Waals surface area (Å²) in [4.78, 5) is 31.2. The lowest BCUT2D eigenvalue weighted by atomic mass is 9.95. The fourth-order valence-electron chi connectivity index (χ4n) is 3.50. The lowest BCUT2D eigenvalue weighted by molar-refractivity contribution is -0.132. The average Bonchev–Trinajstić information content (AvgIpc) is 3.01. The SMILES string of the molecule is Cc1ccc(/C(O)=C2\C(=O)C(=O)N(c3cc(Cl)ccc3O)C2c2ccncc2)cc1. The monoisotopic (exact) mass is 420 g/mol. The molecule has 1 aliphatic heterocycles. The summed E-state index contributed by atoms with van der Waals surface area (Å²) >= 11 is 6.08. The first kappa shape index (κ1) is 19.7. The smallest absolute Gasteiger partial charge is 0.300 e. The first-order valence-corrected chi connectivity index (χ1v) is 9.52. The van der Waals surface area contributed by atoms with E-state index in [0.29, 0.717) is 11.1 Å². The van der Waals surface area contributed by atoms with Gasteiger partial charge >= 0.3 is 0 Å². The zero-order chi connectivity index (χ0) is 21.4. The van der Waals surface area contributed by atoms with Crippen LogP contribution in [0.25, 0.3) is 5.76 Å². The Morgan fingerprint density at radius 1 is 1.03 bits per heavy atom. The van der Waals surface area contributed by atoms with Crippen molar-refractivity contribution in [1.82, 2.24) is 4.98 Å². The number of pyridine rings is 1. The largest absolute Gasteiger partial charge is 0.507 e. The summed E-state index contributed by atoms with van der Waals surface area (Å²) in [5, 5.41) is 21.7. The zero-order valence-electron chi connectivity index (χ0n) is 15.9. The van der Waals surface area contributed by atoms with Crippen LogP contribution in [0, 0.1) is 6.92 Å². The number of carbonyl (C=O) groups is 2. The molecule has 1 fully saturated rings. The van der Waals surface area contributed by atoms with Gasteiger partial charge in [0.25, 0.3) is 11.7 Å². The van der Waals surface area contributed by atoms with E-state index in [9.17, 15) is 19.8 Å². The Morgan fingerprint density at radius 3 is 2.37 bits per heavy atom. The predicted molar refractivity (Wildman–Crippen MR) is 113 cm³/mol. The molecule has 0 aliphatic carbocycles. The molecule has 7 heteroatoms. The van der Waals surface area contributed by atoms with Crippen molar-refractivity contribution in [2.24, 2.45) is 0 Å². The standard InChI is InChI=1S/C23H17ClN2O4/c1-13-2-4-15(5-3-13)21(28)19-20(14-8-10-25-11-9-14)26(23(30)22(19)29)17-12-16(24)6-7-18(17)27/h2-12,20,27-28H,1H3/b21-19+. The molecular formula is C23H17ClN2O4. The van der Waals surface area contributed by atoms with Crippen molar-refractivity contribution in [2.75, 3.05) is 4.90 Å². The number of carbonyl (C=O) groups excluding carboxylic acids is 2. The molecule has 1 aromatic heterocycles. The lowest BCUT2D eigenvalue weighted by Crippen LogP contribution is -2.29. The van der Waals surface area contributed by atoms with Gasteiger partial charge in [0.1, 0.15) is 11.5 Å². The molecule has 0 radical (unpaired) electrons. The van der Waals surface area contributed by atoms with Gasteiger partial charge < -0.3 is 10.2 Å². The lowest BCUT2D eigenvalue weighted by Gasteiger charge is -2.26. The van der Waals surface area contributed by atoms with Gasteiger partial charge in [-0.15, -0.1) is 0 Å². The molecule has 30 heavy (non-hydrogen) atoms. The normalized spacial score (nSPS) is 18.1. The minimum atomic E-state index is -0.960. The average molecular weight is 421 g/mol. The van der Waals surface area contributed by atoms with Crippen molar-refractivity contribution in [3.8, 4) is 5.75 Å². The topological polar surface area (TPSA) is 90.7 Å². The predicted octanol–water partition coefficient (Wildman–Crippen LogP) is 4.38. The van der Waals surface area contributed by atoms with Gasteiger partial charge in [-0.2, -0.15) is 0 Å². The van der Waals surface area contributed by atoms with Crippen LogP contribution < -0.4 is 4.90 Å². The van der Waals surface area contributed by atoms with E-state index in [0.717, 1.165) is 10.5 Å². The van der Waals surface area contributed by atoms with Gasteiger partial charge in [0.15, 0.2) is 0 Å². The number of hydrogen-bond donors (Lipinski definition) is 2. The summed E-state index contributed by atoms with van der Waals surface area (Å²) in [5.41, 5.74) is 1.95. The molecule has 1 unspecified atom stereocenters. The van der Waals surface area contributed by atoms with Crippen LogP contribution in [0.3, 0.4) is 0 Å². The molecular weight excluding hydrogens is 404 g/mol. The number of aromatic hydroxyl groups is 1. The van der Waals surface area contributed by atoms with Crippen LogP contribution in [-0.4, -0.2) is 26.9 Å². The molecule has 1 saturated heterocycles. The number of anilines is 1. The number of aliphatic hydroxyl groups is 1. The second-order valence-corrected chi connectivity index (χ2v) is 7.39. The Bertz CT molecular complexity index is 1170. The number of aliphatic hydroxyl groups excluding tert-OH is 1. The van der Waals surface area contributed by atoms with Gasteiger partial charge in [0.2, 0.25) is 0 Å². The zero-order valence-corrected chi connectivity index (χ0v) is 16.7. The number of benzene rings is 2. The maximum atomic E-state index is 13.0. The van der Waals surface area contributed by atoms with E-state index in [2.05, 4.69) is 4.98 Å². The van der Waals surface area contributed by atoms with Gasteiger partial charge in [0, 0.05) is 23.0 Å². The maximum absolute atomic E-state index is 13.0. The van der Waals surface area contributed by atoms with Crippen LogP contribution in [0.5, 0.6) is 5.75 Å². The van der Waals surface area contributed by atoms with Gasteiger partial charge in [-0.1, -0.05) is 41.4 Å². The molecule has 150 valence electrons. The van der Waals surface area contributed by atoms with Crippen LogP contribution >= 0.6 is 11.6 Å². The van der Waals surface area contributed by atoms with E-state index in [1.807, 2.05) is 6.92 Å². The molecule has 3 aromatic rings. The maximum Gasteiger partial charge on any atom is 0.300 e. The van der Waals surface area contributed by atoms with Crippen molar-refractivity contribution >= 4 is 34.7 Å². The Hall–Kier alpha value is -3.64. The number of hydrogen-bond acceptors (Lipinski definition) is 5. The third-order valence-corrected chi connectivity index (χ3v) is 5.22. The highest BCUT2D eigenvalue weighted by atomic mass is 35.5. The summed E-state index contributed by atoms with van der Waals surface area (Å²) in [6.07, 6.45) is 3.05. The summed E-state index contributed by atoms with van der Waals surface area (Å²) in [5.74, 6) is -2.23. The number of halogens is 1. The van der Waals surface area contributed by atoms with Crippen molar-refractivity contribution < 1.29 is 19.8 Å². The van der Waals surface area contributed by atoms with E-state index in [1.165, 1.54) is 30.6 Å². The first-order valence-electron chi connectivity index (χ1n) is 9.15. The van der Waals surface area contributed by atoms with Crippen molar-refractivity contribution in [3.05, 3.63) is 94.3 Å². The number of aromatic nitrogens is 1. The van der Waals surface area contributed by atoms with Crippen LogP contribution in [0.15, 0.2) is 72.6 Å². The molecule has 2 aromatic carbocycles. The van der Waals surface area contributed by atoms with Gasteiger partial charge in [-0.25, -0.2) is 0 Å². The summed E-state index contributed by atoms with van der Waals surface area (Å²) in [6, 6.07) is 13.5. The second-order valence-electron chi connectivity index (χ2n) is 6.95. The van der Waals surface area contributed by atoms with E-state index >= 15 is 0 Å². The number of aryl methyl sites for hydroxylation is 1. The third kappa shape index (κ3) is 3.31. The Kier molecular flexibility index (Phi) is 5.01. The number of phenolic OH excluding ortho intramolecular Hbond substituents is 1. The van der Waals surface area contributed by atoms with Crippen LogP contribution in [0.2, 0.25) is 5.02 Å². The highest BCUT2D eigenvalue weighted by molar-refractivity contribution is 6.52. The molecule has 2 N–H and O–H groups in total. The molecule has 1 amide bonds. The van der Waals surface area contributed by atoms with E-state index in [1.54, 1.807) is 36.4 Å². The van der Waals surface area contributed by atoms with Gasteiger partial charge in [-0.05, 0) is 42.8 Å².